The van der Waals surface area contributed by atoms with Gasteiger partial charge in [0.05, 0.1) is 12.3 Å². The molecule has 1 rings (SSSR count). The van der Waals surface area contributed by atoms with Crippen molar-refractivity contribution >= 4 is 5.69 Å². The van der Waals surface area contributed by atoms with Gasteiger partial charge in [-0.05, 0) is 62.4 Å². The summed E-state index contributed by atoms with van der Waals surface area (Å²) < 4.78 is 5.58. The van der Waals surface area contributed by atoms with E-state index in [1.165, 1.54) is 12.0 Å². The smallest absolute Gasteiger partial charge is 0.142 e. The van der Waals surface area contributed by atoms with Crippen molar-refractivity contribution in [2.75, 3.05) is 25.4 Å². The topological polar surface area (TPSA) is 47.3 Å². The zero-order valence-electron chi connectivity index (χ0n) is 13.2. The highest BCUT2D eigenvalue weighted by atomic mass is 16.5. The first-order valence-electron chi connectivity index (χ1n) is 7.85. The third-order valence-electron chi connectivity index (χ3n) is 3.25. The molecule has 0 radical (unpaired) electrons. The molecule has 3 nitrogen and oxygen atoms in total. The average Bonchev–Trinajstić information content (AvgIpc) is 2.41. The molecule has 0 aliphatic heterocycles. The van der Waals surface area contributed by atoms with Crippen molar-refractivity contribution in [2.45, 2.75) is 46.5 Å². The van der Waals surface area contributed by atoms with Crippen LogP contribution in [0, 0.1) is 5.92 Å². The molecule has 0 saturated heterocycles. The number of aryl methyl sites for hydroxylation is 1. The second kappa shape index (κ2) is 9.65. The first kappa shape index (κ1) is 16.8. The van der Waals surface area contributed by atoms with E-state index in [2.05, 4.69) is 32.2 Å². The van der Waals surface area contributed by atoms with E-state index in [0.717, 1.165) is 56.3 Å². The Kier molecular flexibility index (Phi) is 8.12. The standard InChI is InChI=1S/C17H30N2O/c1-4-12-20-17-8-7-15(13-16(17)18)6-5-10-19-11-9-14(2)3/h7-8,13-14,19H,4-6,9-12,18H2,1-3H3. The van der Waals surface area contributed by atoms with E-state index in [-0.39, 0.29) is 0 Å². The van der Waals surface area contributed by atoms with Crippen molar-refractivity contribution in [3.8, 4) is 5.75 Å². The van der Waals surface area contributed by atoms with E-state index in [1.807, 2.05) is 12.1 Å². The lowest BCUT2D eigenvalue weighted by molar-refractivity contribution is 0.319. The number of nitrogen functional groups attached to an aromatic ring is 1. The van der Waals surface area contributed by atoms with Gasteiger partial charge in [0, 0.05) is 0 Å². The van der Waals surface area contributed by atoms with Crippen LogP contribution in [0.15, 0.2) is 18.2 Å². The maximum absolute atomic E-state index is 6.01. The fourth-order valence-electron chi connectivity index (χ4n) is 2.03. The Hall–Kier alpha value is -1.22. The summed E-state index contributed by atoms with van der Waals surface area (Å²) in [4.78, 5) is 0. The van der Waals surface area contributed by atoms with Crippen LogP contribution in [-0.2, 0) is 6.42 Å². The Labute approximate surface area is 123 Å². The minimum atomic E-state index is 0.726. The van der Waals surface area contributed by atoms with Crippen molar-refractivity contribution in [2.24, 2.45) is 5.92 Å². The zero-order chi connectivity index (χ0) is 14.8. The number of anilines is 1. The minimum absolute atomic E-state index is 0.726. The number of nitrogens with two attached hydrogens (primary N) is 1. The molecular formula is C17H30N2O. The Morgan fingerprint density at radius 2 is 2.05 bits per heavy atom. The van der Waals surface area contributed by atoms with Gasteiger partial charge in [-0.3, -0.25) is 0 Å². The molecule has 114 valence electrons. The van der Waals surface area contributed by atoms with E-state index >= 15 is 0 Å². The summed E-state index contributed by atoms with van der Waals surface area (Å²) in [5, 5.41) is 3.48. The summed E-state index contributed by atoms with van der Waals surface area (Å²) in [6, 6.07) is 6.15. The number of hydrogen-bond donors (Lipinski definition) is 2. The van der Waals surface area contributed by atoms with Gasteiger partial charge in [-0.15, -0.1) is 0 Å². The summed E-state index contributed by atoms with van der Waals surface area (Å²) in [7, 11) is 0. The molecule has 0 spiro atoms. The third kappa shape index (κ3) is 6.80. The second-order valence-electron chi connectivity index (χ2n) is 5.76. The SMILES string of the molecule is CCCOc1ccc(CCCNCCC(C)C)cc1N. The molecule has 3 heteroatoms. The highest BCUT2D eigenvalue weighted by Gasteiger charge is 2.02. The summed E-state index contributed by atoms with van der Waals surface area (Å²) >= 11 is 0. The number of hydrogen-bond acceptors (Lipinski definition) is 3. The maximum atomic E-state index is 6.01. The normalized spacial score (nSPS) is 11.0. The van der Waals surface area contributed by atoms with Gasteiger partial charge >= 0.3 is 0 Å². The first-order valence-corrected chi connectivity index (χ1v) is 7.85. The van der Waals surface area contributed by atoms with E-state index in [4.69, 9.17) is 10.5 Å². The Balaban J connectivity index is 2.25. The van der Waals surface area contributed by atoms with Gasteiger partial charge in [-0.2, -0.15) is 0 Å². The molecule has 20 heavy (non-hydrogen) atoms. The monoisotopic (exact) mass is 278 g/mol. The van der Waals surface area contributed by atoms with E-state index in [9.17, 15) is 0 Å². The lowest BCUT2D eigenvalue weighted by atomic mass is 10.1. The van der Waals surface area contributed by atoms with Crippen LogP contribution in [0.4, 0.5) is 5.69 Å². The maximum Gasteiger partial charge on any atom is 0.142 e. The van der Waals surface area contributed by atoms with Gasteiger partial charge in [-0.25, -0.2) is 0 Å². The van der Waals surface area contributed by atoms with E-state index in [0.29, 0.717) is 0 Å². The number of rotatable bonds is 10. The van der Waals surface area contributed by atoms with Crippen molar-refractivity contribution in [1.82, 2.24) is 5.32 Å². The van der Waals surface area contributed by atoms with Crippen molar-refractivity contribution in [1.29, 1.82) is 0 Å². The quantitative estimate of drug-likeness (QED) is 0.507. The van der Waals surface area contributed by atoms with Gasteiger partial charge < -0.3 is 15.8 Å². The molecule has 3 N–H and O–H groups in total. The van der Waals surface area contributed by atoms with Crippen LogP contribution in [0.3, 0.4) is 0 Å². The van der Waals surface area contributed by atoms with Gasteiger partial charge in [0.1, 0.15) is 5.75 Å². The zero-order valence-corrected chi connectivity index (χ0v) is 13.2. The molecule has 0 aromatic heterocycles. The van der Waals surface area contributed by atoms with Gasteiger partial charge in [-0.1, -0.05) is 26.8 Å². The summed E-state index contributed by atoms with van der Waals surface area (Å²) in [6.07, 6.45) is 4.46. The van der Waals surface area contributed by atoms with E-state index < -0.39 is 0 Å². The molecule has 0 amide bonds. The number of nitrogens with one attached hydrogen (secondary N) is 1. The predicted octanol–water partition coefficient (Wildman–Crippen LogP) is 3.63. The molecule has 0 fully saturated rings. The number of ether oxygens (including phenoxy) is 1. The largest absolute Gasteiger partial charge is 0.491 e. The third-order valence-corrected chi connectivity index (χ3v) is 3.25. The van der Waals surface area contributed by atoms with Crippen LogP contribution < -0.4 is 15.8 Å². The van der Waals surface area contributed by atoms with E-state index in [1.54, 1.807) is 0 Å². The summed E-state index contributed by atoms with van der Waals surface area (Å²) in [6.45, 7) is 9.52. The molecule has 0 saturated carbocycles. The van der Waals surface area contributed by atoms with Crippen LogP contribution in [0.2, 0.25) is 0 Å². The molecule has 1 aromatic rings. The minimum Gasteiger partial charge on any atom is -0.491 e. The van der Waals surface area contributed by atoms with Crippen molar-refractivity contribution < 1.29 is 4.74 Å². The van der Waals surface area contributed by atoms with Gasteiger partial charge in [0.15, 0.2) is 0 Å². The Bertz CT molecular complexity index is 377. The van der Waals surface area contributed by atoms with Gasteiger partial charge in [0.25, 0.3) is 0 Å². The number of benzene rings is 1. The Morgan fingerprint density at radius 1 is 1.25 bits per heavy atom. The average molecular weight is 278 g/mol. The van der Waals surface area contributed by atoms with Crippen LogP contribution in [-0.4, -0.2) is 19.7 Å². The fourth-order valence-corrected chi connectivity index (χ4v) is 2.03. The molecule has 1 aromatic carbocycles. The van der Waals surface area contributed by atoms with Crippen LogP contribution in [0.5, 0.6) is 5.75 Å². The highest BCUT2D eigenvalue weighted by molar-refractivity contribution is 5.54. The first-order chi connectivity index (χ1) is 9.63. The predicted molar refractivity (Wildman–Crippen MR) is 87.3 cm³/mol. The second-order valence-corrected chi connectivity index (χ2v) is 5.76. The molecule has 0 bridgehead atoms. The fraction of sp³-hybridized carbons (Fsp3) is 0.647. The molecular weight excluding hydrogens is 248 g/mol. The molecule has 0 aliphatic carbocycles. The van der Waals surface area contributed by atoms with Crippen LogP contribution >= 0.6 is 0 Å². The molecule has 0 unspecified atom stereocenters. The Morgan fingerprint density at radius 3 is 2.70 bits per heavy atom. The van der Waals surface area contributed by atoms with Gasteiger partial charge in [0.2, 0.25) is 0 Å². The van der Waals surface area contributed by atoms with Crippen LogP contribution in [0.1, 0.15) is 45.6 Å². The molecule has 0 heterocycles. The molecule has 0 atom stereocenters. The van der Waals surface area contributed by atoms with Crippen LogP contribution in [0.25, 0.3) is 0 Å². The molecule has 0 aliphatic rings. The lowest BCUT2D eigenvalue weighted by Crippen LogP contribution is -2.18. The summed E-state index contributed by atoms with van der Waals surface area (Å²) in [5.41, 5.74) is 8.05. The van der Waals surface area contributed by atoms with Crippen molar-refractivity contribution in [3.05, 3.63) is 23.8 Å². The van der Waals surface area contributed by atoms with Crippen molar-refractivity contribution in [3.63, 3.8) is 0 Å². The lowest BCUT2D eigenvalue weighted by Gasteiger charge is -2.10. The highest BCUT2D eigenvalue weighted by Crippen LogP contribution is 2.23. The summed E-state index contributed by atoms with van der Waals surface area (Å²) in [5.74, 6) is 1.59.